The summed E-state index contributed by atoms with van der Waals surface area (Å²) in [6.45, 7) is 1.05. The van der Waals surface area contributed by atoms with Gasteiger partial charge in [-0.3, -0.25) is 14.2 Å². The second-order valence-electron chi connectivity index (χ2n) is 4.02. The number of hydrogen-bond acceptors (Lipinski definition) is 5. The number of Topliss-reactive ketones (excluding diaryl/α,β-unsaturated/α-hetero) is 1. The van der Waals surface area contributed by atoms with Crippen LogP contribution in [0.5, 0.6) is 0 Å². The zero-order valence-corrected chi connectivity index (χ0v) is 10.3. The van der Waals surface area contributed by atoms with Crippen LogP contribution >= 0.6 is 0 Å². The van der Waals surface area contributed by atoms with Crippen molar-refractivity contribution in [2.75, 3.05) is 6.54 Å². The molecule has 2 N–H and O–H groups in total. The molecule has 0 amide bonds. The van der Waals surface area contributed by atoms with E-state index in [1.54, 1.807) is 21.8 Å². The van der Waals surface area contributed by atoms with E-state index in [0.29, 0.717) is 31.6 Å². The van der Waals surface area contributed by atoms with Crippen LogP contribution in [0.2, 0.25) is 0 Å². The maximum Gasteiger partial charge on any atom is 0.185 e. The lowest BCUT2D eigenvalue weighted by Crippen LogP contribution is -2.10. The van der Waals surface area contributed by atoms with Crippen molar-refractivity contribution >= 4 is 5.78 Å². The Balaban J connectivity index is 1.93. The van der Waals surface area contributed by atoms with E-state index in [1.807, 2.05) is 13.1 Å². The molecule has 0 saturated carbocycles. The summed E-state index contributed by atoms with van der Waals surface area (Å²) in [7, 11) is 1.86. The molecule has 7 heteroatoms. The van der Waals surface area contributed by atoms with Gasteiger partial charge in [0.15, 0.2) is 5.78 Å². The predicted molar refractivity (Wildman–Crippen MR) is 64.9 cm³/mol. The first-order valence-corrected chi connectivity index (χ1v) is 5.81. The van der Waals surface area contributed by atoms with E-state index in [-0.39, 0.29) is 5.78 Å². The van der Waals surface area contributed by atoms with Gasteiger partial charge >= 0.3 is 0 Å². The molecule has 96 valence electrons. The van der Waals surface area contributed by atoms with Gasteiger partial charge in [-0.25, -0.2) is 0 Å². The molecule has 0 fully saturated rings. The molecule has 2 heterocycles. The highest BCUT2D eigenvalue weighted by molar-refractivity contribution is 5.93. The normalized spacial score (nSPS) is 10.8. The van der Waals surface area contributed by atoms with Crippen molar-refractivity contribution in [1.82, 2.24) is 24.8 Å². The lowest BCUT2D eigenvalue weighted by molar-refractivity contribution is 0.0977. The molecule has 0 spiro atoms. The molecule has 0 saturated heterocycles. The molecule has 0 aliphatic heterocycles. The number of ketones is 1. The zero-order valence-electron chi connectivity index (χ0n) is 10.3. The Morgan fingerprint density at radius 3 is 3.00 bits per heavy atom. The van der Waals surface area contributed by atoms with E-state index in [2.05, 4.69) is 15.4 Å². The largest absolute Gasteiger partial charge is 0.329 e. The number of rotatable bonds is 6. The molecule has 0 bridgehead atoms. The second kappa shape index (κ2) is 5.54. The van der Waals surface area contributed by atoms with E-state index < -0.39 is 0 Å². The standard InChI is InChI=1S/C11H16N6O/c1-16-9(4-6-13-16)2-3-11(18)10-8-17(7-5-12)15-14-10/h4,6,8H,2-3,5,7,12H2,1H3. The van der Waals surface area contributed by atoms with Crippen LogP contribution in [0.25, 0.3) is 0 Å². The van der Waals surface area contributed by atoms with Crippen molar-refractivity contribution in [1.29, 1.82) is 0 Å². The lowest BCUT2D eigenvalue weighted by atomic mass is 10.1. The second-order valence-corrected chi connectivity index (χ2v) is 4.02. The number of nitrogens with two attached hydrogens (primary N) is 1. The molecule has 2 rings (SSSR count). The Kier molecular flexibility index (Phi) is 3.83. The van der Waals surface area contributed by atoms with Gasteiger partial charge in [-0.15, -0.1) is 5.10 Å². The zero-order chi connectivity index (χ0) is 13.0. The fourth-order valence-corrected chi connectivity index (χ4v) is 1.68. The molecule has 2 aromatic heterocycles. The van der Waals surface area contributed by atoms with Crippen LogP contribution in [-0.2, 0) is 20.0 Å². The monoisotopic (exact) mass is 248 g/mol. The summed E-state index contributed by atoms with van der Waals surface area (Å²) in [6.07, 6.45) is 4.41. The Hall–Kier alpha value is -2.02. The predicted octanol–water partition coefficient (Wildman–Crippen LogP) is -0.214. The number of hydrogen-bond donors (Lipinski definition) is 1. The summed E-state index contributed by atoms with van der Waals surface area (Å²) in [5.74, 6) is -0.0144. The molecule has 0 aromatic carbocycles. The summed E-state index contributed by atoms with van der Waals surface area (Å²) in [5, 5.41) is 11.7. The molecule has 7 nitrogen and oxygen atoms in total. The SMILES string of the molecule is Cn1nccc1CCC(=O)c1cn(CCN)nn1. The van der Waals surface area contributed by atoms with Gasteiger partial charge in [0.05, 0.1) is 12.7 Å². The molecule has 0 radical (unpaired) electrons. The third-order valence-corrected chi connectivity index (χ3v) is 2.71. The Bertz CT molecular complexity index is 529. The maximum absolute atomic E-state index is 11.9. The number of aromatic nitrogens is 5. The summed E-state index contributed by atoms with van der Waals surface area (Å²) in [6, 6.07) is 1.90. The van der Waals surface area contributed by atoms with Gasteiger partial charge in [0.1, 0.15) is 5.69 Å². The molecular formula is C11H16N6O. The molecule has 0 unspecified atom stereocenters. The average molecular weight is 248 g/mol. The van der Waals surface area contributed by atoms with Gasteiger partial charge in [0.25, 0.3) is 0 Å². The van der Waals surface area contributed by atoms with Crippen LogP contribution in [-0.4, -0.2) is 37.1 Å². The number of carbonyl (C=O) groups excluding carboxylic acids is 1. The first-order valence-electron chi connectivity index (χ1n) is 5.81. The number of aryl methyl sites for hydroxylation is 2. The maximum atomic E-state index is 11.9. The number of carbonyl (C=O) groups is 1. The van der Waals surface area contributed by atoms with E-state index in [4.69, 9.17) is 5.73 Å². The van der Waals surface area contributed by atoms with Crippen molar-refractivity contribution in [2.24, 2.45) is 12.8 Å². The van der Waals surface area contributed by atoms with E-state index in [0.717, 1.165) is 5.69 Å². The van der Waals surface area contributed by atoms with Crippen LogP contribution in [0, 0.1) is 0 Å². The first-order chi connectivity index (χ1) is 8.70. The van der Waals surface area contributed by atoms with E-state index >= 15 is 0 Å². The highest BCUT2D eigenvalue weighted by Crippen LogP contribution is 2.05. The highest BCUT2D eigenvalue weighted by atomic mass is 16.1. The average Bonchev–Trinajstić information content (AvgIpc) is 2.96. The third-order valence-electron chi connectivity index (χ3n) is 2.71. The molecule has 2 aromatic rings. The van der Waals surface area contributed by atoms with Gasteiger partial charge in [-0.2, -0.15) is 5.10 Å². The Labute approximate surface area is 105 Å². The van der Waals surface area contributed by atoms with Gasteiger partial charge in [-0.1, -0.05) is 5.21 Å². The summed E-state index contributed by atoms with van der Waals surface area (Å²) in [5.41, 5.74) is 6.82. The van der Waals surface area contributed by atoms with Crippen LogP contribution in [0.3, 0.4) is 0 Å². The van der Waals surface area contributed by atoms with Gasteiger partial charge in [-0.05, 0) is 12.5 Å². The topological polar surface area (TPSA) is 91.6 Å². The first kappa shape index (κ1) is 12.4. The van der Waals surface area contributed by atoms with Crippen LogP contribution in [0.15, 0.2) is 18.5 Å². The van der Waals surface area contributed by atoms with Crippen molar-refractivity contribution in [2.45, 2.75) is 19.4 Å². The number of nitrogens with zero attached hydrogens (tertiary/aromatic N) is 5. The molecular weight excluding hydrogens is 232 g/mol. The minimum absolute atomic E-state index is 0.0144. The smallest absolute Gasteiger partial charge is 0.185 e. The quantitative estimate of drug-likeness (QED) is 0.714. The van der Waals surface area contributed by atoms with Crippen LogP contribution in [0.4, 0.5) is 0 Å². The minimum Gasteiger partial charge on any atom is -0.329 e. The van der Waals surface area contributed by atoms with E-state index in [1.165, 1.54) is 0 Å². The van der Waals surface area contributed by atoms with Crippen molar-refractivity contribution in [3.63, 3.8) is 0 Å². The molecule has 0 atom stereocenters. The summed E-state index contributed by atoms with van der Waals surface area (Å²) < 4.78 is 3.34. The third kappa shape index (κ3) is 2.80. The van der Waals surface area contributed by atoms with Crippen molar-refractivity contribution in [3.8, 4) is 0 Å². The molecule has 0 aliphatic carbocycles. The van der Waals surface area contributed by atoms with Crippen LogP contribution < -0.4 is 5.73 Å². The summed E-state index contributed by atoms with van der Waals surface area (Å²) in [4.78, 5) is 11.9. The van der Waals surface area contributed by atoms with Gasteiger partial charge in [0, 0.05) is 31.9 Å². The van der Waals surface area contributed by atoms with Crippen molar-refractivity contribution in [3.05, 3.63) is 29.8 Å². The lowest BCUT2D eigenvalue weighted by Gasteiger charge is -1.99. The fraction of sp³-hybridized carbons (Fsp3) is 0.455. The minimum atomic E-state index is -0.0144. The summed E-state index contributed by atoms with van der Waals surface area (Å²) >= 11 is 0. The van der Waals surface area contributed by atoms with Crippen LogP contribution in [0.1, 0.15) is 22.6 Å². The van der Waals surface area contributed by atoms with Gasteiger partial charge in [0.2, 0.25) is 0 Å². The van der Waals surface area contributed by atoms with Gasteiger partial charge < -0.3 is 5.73 Å². The Morgan fingerprint density at radius 1 is 1.50 bits per heavy atom. The Morgan fingerprint density at radius 2 is 2.33 bits per heavy atom. The fourth-order valence-electron chi connectivity index (χ4n) is 1.68. The van der Waals surface area contributed by atoms with E-state index in [9.17, 15) is 4.79 Å². The molecule has 18 heavy (non-hydrogen) atoms. The highest BCUT2D eigenvalue weighted by Gasteiger charge is 2.11. The van der Waals surface area contributed by atoms with Crippen molar-refractivity contribution < 1.29 is 4.79 Å². The molecule has 0 aliphatic rings.